The maximum atomic E-state index is 10.5. The van der Waals surface area contributed by atoms with E-state index in [0.29, 0.717) is 0 Å². The molecule has 0 saturated carbocycles. The van der Waals surface area contributed by atoms with Crippen LogP contribution in [0.1, 0.15) is 27.6 Å². The molecule has 0 spiro atoms. The molecule has 17 heavy (non-hydrogen) atoms. The van der Waals surface area contributed by atoms with Gasteiger partial charge >= 0.3 is 39.2 Å². The molecule has 0 saturated heterocycles. The molecule has 2 radical (unpaired) electrons. The molecule has 0 fully saturated rings. The van der Waals surface area contributed by atoms with E-state index in [1.165, 1.54) is 24.3 Å². The zero-order chi connectivity index (χ0) is 12.7. The molecule has 0 atom stereocenters. The number of carboxylic acid groups (broad SMARTS) is 3. The second-order valence-corrected chi connectivity index (χ2v) is 2.67. The van der Waals surface area contributed by atoms with Crippen LogP contribution in [-0.4, -0.2) is 60.5 Å². The van der Waals surface area contributed by atoms with Crippen LogP contribution in [-0.2, 0) is 4.79 Å². The van der Waals surface area contributed by atoms with Gasteiger partial charge in [0.25, 0.3) is 5.97 Å². The summed E-state index contributed by atoms with van der Waals surface area (Å²) < 4.78 is 0. The Labute approximate surface area is 117 Å². The van der Waals surface area contributed by atoms with Gasteiger partial charge in [-0.25, -0.2) is 9.59 Å². The standard InChI is InChI=1S/C8H6O4.C2H4O2.Pb.2H/c9-7(10)5-3-1-2-4-6(5)8(11)12;1-2(3)4;;;/h1-4H,(H,9,10)(H,11,12);1H3,(H,3,4);;;. The van der Waals surface area contributed by atoms with E-state index < -0.39 is 17.9 Å². The Morgan fingerprint density at radius 2 is 1.12 bits per heavy atom. The first kappa shape index (κ1) is 17.9. The van der Waals surface area contributed by atoms with Gasteiger partial charge in [0.05, 0.1) is 11.1 Å². The van der Waals surface area contributed by atoms with Crippen LogP contribution in [0.3, 0.4) is 0 Å². The Hall–Kier alpha value is -1.45. The molecule has 3 N–H and O–H groups in total. The summed E-state index contributed by atoms with van der Waals surface area (Å²) in [6, 6.07) is 5.48. The third-order valence-electron chi connectivity index (χ3n) is 1.39. The number of benzene rings is 1. The topological polar surface area (TPSA) is 112 Å². The predicted molar refractivity (Wildman–Crippen MR) is 62.2 cm³/mol. The van der Waals surface area contributed by atoms with Gasteiger partial charge in [-0.15, -0.1) is 0 Å². The molecular weight excluding hydrogens is 423 g/mol. The van der Waals surface area contributed by atoms with Crippen molar-refractivity contribution in [3.05, 3.63) is 35.4 Å². The Balaban J connectivity index is 0. The Kier molecular flexibility index (Phi) is 9.15. The summed E-state index contributed by atoms with van der Waals surface area (Å²) in [7, 11) is 0. The van der Waals surface area contributed by atoms with Gasteiger partial charge in [0.1, 0.15) is 0 Å². The van der Waals surface area contributed by atoms with Crippen molar-refractivity contribution in [1.82, 2.24) is 0 Å². The summed E-state index contributed by atoms with van der Waals surface area (Å²) in [6.45, 7) is 1.08. The second-order valence-electron chi connectivity index (χ2n) is 2.67. The molecule has 1 aromatic carbocycles. The van der Waals surface area contributed by atoms with Gasteiger partial charge in [-0.2, -0.15) is 0 Å². The van der Waals surface area contributed by atoms with E-state index in [4.69, 9.17) is 20.1 Å². The molecular formula is C10H12O6Pb. The number of carboxylic acids is 3. The van der Waals surface area contributed by atoms with Crippen LogP contribution in [0.15, 0.2) is 24.3 Å². The summed E-state index contributed by atoms with van der Waals surface area (Å²) in [5, 5.41) is 24.5. The molecule has 1 rings (SSSR count). The van der Waals surface area contributed by atoms with Gasteiger partial charge < -0.3 is 15.3 Å². The molecule has 0 aliphatic rings. The third-order valence-corrected chi connectivity index (χ3v) is 1.39. The first-order chi connectivity index (χ1) is 7.36. The Bertz CT molecular complexity index is 378. The number of rotatable bonds is 2. The van der Waals surface area contributed by atoms with Gasteiger partial charge in [0, 0.05) is 6.92 Å². The van der Waals surface area contributed by atoms with Crippen molar-refractivity contribution >= 4 is 45.2 Å². The van der Waals surface area contributed by atoms with Crippen LogP contribution in [0.2, 0.25) is 0 Å². The Morgan fingerprint density at radius 1 is 0.882 bits per heavy atom. The van der Waals surface area contributed by atoms with Crippen molar-refractivity contribution < 1.29 is 29.7 Å². The van der Waals surface area contributed by atoms with E-state index in [-0.39, 0.29) is 38.4 Å². The van der Waals surface area contributed by atoms with E-state index in [1.807, 2.05) is 0 Å². The summed E-state index contributed by atoms with van der Waals surface area (Å²) >= 11 is 0. The number of carbonyl (C=O) groups is 3. The number of aromatic carboxylic acids is 2. The van der Waals surface area contributed by atoms with Crippen LogP contribution >= 0.6 is 0 Å². The van der Waals surface area contributed by atoms with Crippen molar-refractivity contribution in [2.45, 2.75) is 6.92 Å². The van der Waals surface area contributed by atoms with E-state index in [1.54, 1.807) is 0 Å². The second kappa shape index (κ2) is 8.68. The van der Waals surface area contributed by atoms with Crippen LogP contribution in [0.5, 0.6) is 0 Å². The van der Waals surface area contributed by atoms with E-state index in [0.717, 1.165) is 6.92 Å². The first-order valence-corrected chi connectivity index (χ1v) is 4.11. The number of hydrogen-bond donors (Lipinski definition) is 3. The summed E-state index contributed by atoms with van der Waals surface area (Å²) in [6.07, 6.45) is 0. The molecule has 0 unspecified atom stereocenters. The van der Waals surface area contributed by atoms with Crippen LogP contribution in [0.4, 0.5) is 0 Å². The average molecular weight is 435 g/mol. The van der Waals surface area contributed by atoms with Gasteiger partial charge in [-0.3, -0.25) is 4.79 Å². The molecule has 0 amide bonds. The SMILES string of the molecule is CC(=O)O.O=C(O)c1ccccc1C(=O)O.[PbH2]. The minimum atomic E-state index is -1.23. The van der Waals surface area contributed by atoms with Gasteiger partial charge in [-0.1, -0.05) is 12.1 Å². The minimum absolute atomic E-state index is 0. The molecule has 1 aromatic rings. The van der Waals surface area contributed by atoms with Crippen molar-refractivity contribution in [1.29, 1.82) is 0 Å². The molecule has 0 aromatic heterocycles. The number of hydrogen-bond acceptors (Lipinski definition) is 3. The van der Waals surface area contributed by atoms with Crippen molar-refractivity contribution in [3.63, 3.8) is 0 Å². The number of aliphatic carboxylic acids is 1. The van der Waals surface area contributed by atoms with E-state index >= 15 is 0 Å². The van der Waals surface area contributed by atoms with Crippen molar-refractivity contribution in [2.75, 3.05) is 0 Å². The maximum absolute atomic E-state index is 10.5. The molecule has 6 nitrogen and oxygen atoms in total. The van der Waals surface area contributed by atoms with Crippen LogP contribution < -0.4 is 0 Å². The molecule has 0 aliphatic heterocycles. The first-order valence-electron chi connectivity index (χ1n) is 4.11. The van der Waals surface area contributed by atoms with Crippen molar-refractivity contribution in [3.8, 4) is 0 Å². The predicted octanol–water partition coefficient (Wildman–Crippen LogP) is 0.258. The third kappa shape index (κ3) is 7.44. The van der Waals surface area contributed by atoms with Crippen LogP contribution in [0, 0.1) is 0 Å². The molecule has 0 aliphatic carbocycles. The van der Waals surface area contributed by atoms with E-state index in [9.17, 15) is 9.59 Å². The summed E-state index contributed by atoms with van der Waals surface area (Å²) in [5.41, 5.74) is -0.380. The fourth-order valence-corrected chi connectivity index (χ4v) is 0.856. The zero-order valence-corrected chi connectivity index (χ0v) is 14.6. The van der Waals surface area contributed by atoms with Gasteiger partial charge in [-0.05, 0) is 12.1 Å². The van der Waals surface area contributed by atoms with E-state index in [2.05, 4.69) is 0 Å². The molecule has 92 valence electrons. The summed E-state index contributed by atoms with van der Waals surface area (Å²) in [5.74, 6) is -3.29. The monoisotopic (exact) mass is 436 g/mol. The quantitative estimate of drug-likeness (QED) is 0.575. The van der Waals surface area contributed by atoms with Gasteiger partial charge in [0.2, 0.25) is 0 Å². The normalized spacial score (nSPS) is 8.06. The zero-order valence-electron chi connectivity index (χ0n) is 9.08. The van der Waals surface area contributed by atoms with Gasteiger partial charge in [0.15, 0.2) is 0 Å². The fourth-order valence-electron chi connectivity index (χ4n) is 0.856. The Morgan fingerprint density at radius 3 is 1.29 bits per heavy atom. The van der Waals surface area contributed by atoms with Crippen LogP contribution in [0.25, 0.3) is 0 Å². The summed E-state index contributed by atoms with van der Waals surface area (Å²) in [4.78, 5) is 29.9. The molecule has 7 heteroatoms. The van der Waals surface area contributed by atoms with Crippen molar-refractivity contribution in [2.24, 2.45) is 0 Å². The average Bonchev–Trinajstić information content (AvgIpc) is 2.16. The fraction of sp³-hybridized carbons (Fsp3) is 0.100. The molecule has 0 heterocycles. The molecule has 0 bridgehead atoms.